The molecule has 2 N–H and O–H groups in total. The Morgan fingerprint density at radius 2 is 1.86 bits per heavy atom. The van der Waals surface area contributed by atoms with E-state index in [0.29, 0.717) is 6.54 Å². The number of halogens is 2. The molecule has 0 radical (unpaired) electrons. The van der Waals surface area contributed by atoms with Gasteiger partial charge in [0, 0.05) is 12.7 Å². The van der Waals surface area contributed by atoms with E-state index >= 15 is 0 Å². The second-order valence-corrected chi connectivity index (χ2v) is 5.69. The van der Waals surface area contributed by atoms with Gasteiger partial charge in [0.15, 0.2) is 16.7 Å². The molecule has 0 aliphatic carbocycles. The number of rotatable bonds is 5. The maximum atomic E-state index is 13.6. The SMILES string of the molecule is CCNc1cccnc1S(=O)(=O)Nc1cccc(F)c1F. The Balaban J connectivity index is 2.41. The van der Waals surface area contributed by atoms with Crippen molar-refractivity contribution in [3.8, 4) is 0 Å². The van der Waals surface area contributed by atoms with Crippen LogP contribution in [0.3, 0.4) is 0 Å². The molecule has 0 aliphatic rings. The van der Waals surface area contributed by atoms with Crippen LogP contribution in [0.15, 0.2) is 41.6 Å². The minimum atomic E-state index is -4.14. The van der Waals surface area contributed by atoms with Crippen LogP contribution in [0.1, 0.15) is 6.92 Å². The second-order valence-electron chi connectivity index (χ2n) is 4.09. The zero-order chi connectivity index (χ0) is 15.5. The Labute approximate surface area is 121 Å². The van der Waals surface area contributed by atoms with Crippen LogP contribution in [0.4, 0.5) is 20.2 Å². The molecule has 1 heterocycles. The number of nitrogens with one attached hydrogen (secondary N) is 2. The van der Waals surface area contributed by atoms with E-state index in [1.807, 2.05) is 4.72 Å². The third-order valence-corrected chi connectivity index (χ3v) is 3.91. The van der Waals surface area contributed by atoms with E-state index in [4.69, 9.17) is 0 Å². The highest BCUT2D eigenvalue weighted by Crippen LogP contribution is 2.23. The predicted molar refractivity (Wildman–Crippen MR) is 75.6 cm³/mol. The Morgan fingerprint density at radius 1 is 1.14 bits per heavy atom. The summed E-state index contributed by atoms with van der Waals surface area (Å²) in [6, 6.07) is 6.34. The summed E-state index contributed by atoms with van der Waals surface area (Å²) in [7, 11) is -4.14. The van der Waals surface area contributed by atoms with Crippen LogP contribution in [-0.4, -0.2) is 19.9 Å². The van der Waals surface area contributed by atoms with E-state index in [1.54, 1.807) is 13.0 Å². The highest BCUT2D eigenvalue weighted by Gasteiger charge is 2.22. The van der Waals surface area contributed by atoms with Crippen molar-refractivity contribution in [2.75, 3.05) is 16.6 Å². The molecule has 5 nitrogen and oxygen atoms in total. The first-order valence-corrected chi connectivity index (χ1v) is 7.59. The van der Waals surface area contributed by atoms with Crippen LogP contribution in [0.2, 0.25) is 0 Å². The fraction of sp³-hybridized carbons (Fsp3) is 0.154. The fourth-order valence-corrected chi connectivity index (χ4v) is 2.88. The van der Waals surface area contributed by atoms with Crippen molar-refractivity contribution >= 4 is 21.4 Å². The Hall–Kier alpha value is -2.22. The van der Waals surface area contributed by atoms with Crippen molar-refractivity contribution in [3.05, 3.63) is 48.2 Å². The highest BCUT2D eigenvalue weighted by molar-refractivity contribution is 7.92. The first-order valence-electron chi connectivity index (χ1n) is 6.11. The number of hydrogen-bond donors (Lipinski definition) is 2. The van der Waals surface area contributed by atoms with E-state index in [0.717, 1.165) is 12.1 Å². The molecule has 0 aliphatic heterocycles. The van der Waals surface area contributed by atoms with Crippen molar-refractivity contribution in [1.29, 1.82) is 0 Å². The molecular formula is C13H13F2N3O2S. The highest BCUT2D eigenvalue weighted by atomic mass is 32.2. The third kappa shape index (κ3) is 3.27. The van der Waals surface area contributed by atoms with Crippen molar-refractivity contribution in [2.45, 2.75) is 11.9 Å². The topological polar surface area (TPSA) is 71.1 Å². The van der Waals surface area contributed by atoms with Crippen LogP contribution >= 0.6 is 0 Å². The van der Waals surface area contributed by atoms with E-state index in [-0.39, 0.29) is 10.7 Å². The van der Waals surface area contributed by atoms with Gasteiger partial charge in [0.1, 0.15) is 0 Å². The minimum absolute atomic E-state index is 0.282. The summed E-state index contributed by atoms with van der Waals surface area (Å²) in [5.41, 5.74) is -0.188. The van der Waals surface area contributed by atoms with Crippen molar-refractivity contribution in [1.82, 2.24) is 4.98 Å². The fourth-order valence-electron chi connectivity index (χ4n) is 1.71. The molecule has 2 rings (SSSR count). The number of aromatic nitrogens is 1. The summed E-state index contributed by atoms with van der Waals surface area (Å²) in [4.78, 5) is 3.79. The maximum Gasteiger partial charge on any atom is 0.281 e. The molecule has 0 saturated heterocycles. The average molecular weight is 313 g/mol. The van der Waals surface area contributed by atoms with Crippen molar-refractivity contribution in [2.24, 2.45) is 0 Å². The Kier molecular flexibility index (Phi) is 4.37. The van der Waals surface area contributed by atoms with Gasteiger partial charge in [-0.2, -0.15) is 8.42 Å². The van der Waals surface area contributed by atoms with Crippen molar-refractivity contribution < 1.29 is 17.2 Å². The summed E-state index contributed by atoms with van der Waals surface area (Å²) >= 11 is 0. The van der Waals surface area contributed by atoms with Gasteiger partial charge < -0.3 is 5.32 Å². The first kappa shape index (κ1) is 15.2. The van der Waals surface area contributed by atoms with Crippen LogP contribution in [0, 0.1) is 11.6 Å². The largest absolute Gasteiger partial charge is 0.383 e. The van der Waals surface area contributed by atoms with Crippen LogP contribution in [-0.2, 0) is 10.0 Å². The lowest BCUT2D eigenvalue weighted by Gasteiger charge is -2.12. The summed E-state index contributed by atoms with van der Waals surface area (Å²) < 4.78 is 53.2. The van der Waals surface area contributed by atoms with E-state index in [2.05, 4.69) is 10.3 Å². The van der Waals surface area contributed by atoms with Crippen molar-refractivity contribution in [3.63, 3.8) is 0 Å². The number of benzene rings is 1. The lowest BCUT2D eigenvalue weighted by molar-refractivity contribution is 0.511. The molecule has 1 aromatic heterocycles. The number of anilines is 2. The summed E-state index contributed by atoms with van der Waals surface area (Å²) in [6.07, 6.45) is 1.30. The van der Waals surface area contributed by atoms with Crippen LogP contribution < -0.4 is 10.0 Å². The monoisotopic (exact) mass is 313 g/mol. The summed E-state index contributed by atoms with van der Waals surface area (Å²) in [5.74, 6) is -2.40. The van der Waals surface area contributed by atoms with Gasteiger partial charge in [-0.3, -0.25) is 4.72 Å². The Morgan fingerprint density at radius 3 is 2.57 bits per heavy atom. The zero-order valence-electron chi connectivity index (χ0n) is 11.1. The smallest absolute Gasteiger partial charge is 0.281 e. The number of hydrogen-bond acceptors (Lipinski definition) is 4. The van der Waals surface area contributed by atoms with Gasteiger partial charge in [-0.1, -0.05) is 6.07 Å². The molecule has 112 valence electrons. The Bertz CT molecular complexity index is 751. The van der Waals surface area contributed by atoms with Gasteiger partial charge in [-0.15, -0.1) is 0 Å². The van der Waals surface area contributed by atoms with E-state index in [9.17, 15) is 17.2 Å². The maximum absolute atomic E-state index is 13.6. The molecule has 0 unspecified atom stereocenters. The molecule has 0 atom stereocenters. The molecule has 1 aromatic carbocycles. The molecule has 21 heavy (non-hydrogen) atoms. The normalized spacial score (nSPS) is 11.2. The minimum Gasteiger partial charge on any atom is -0.383 e. The van der Waals surface area contributed by atoms with Crippen LogP contribution in [0.25, 0.3) is 0 Å². The molecule has 0 saturated carbocycles. The molecule has 8 heteroatoms. The lowest BCUT2D eigenvalue weighted by atomic mass is 10.3. The van der Waals surface area contributed by atoms with Gasteiger partial charge in [0.05, 0.1) is 11.4 Å². The molecule has 0 amide bonds. The molecule has 0 fully saturated rings. The number of nitrogens with zero attached hydrogens (tertiary/aromatic N) is 1. The van der Waals surface area contributed by atoms with Gasteiger partial charge in [-0.05, 0) is 31.2 Å². The first-order chi connectivity index (χ1) is 9.95. The van der Waals surface area contributed by atoms with Gasteiger partial charge in [0.2, 0.25) is 0 Å². The van der Waals surface area contributed by atoms with Gasteiger partial charge in [-0.25, -0.2) is 13.8 Å². The number of pyridine rings is 1. The lowest BCUT2D eigenvalue weighted by Crippen LogP contribution is -2.18. The standard InChI is InChI=1S/C13H13F2N3O2S/c1-2-16-11-7-4-8-17-13(11)21(19,20)18-10-6-3-5-9(14)12(10)15/h3-8,16,18H,2H2,1H3. The quantitative estimate of drug-likeness (QED) is 0.890. The summed E-state index contributed by atoms with van der Waals surface area (Å²) in [6.45, 7) is 2.28. The molecule has 0 bridgehead atoms. The molecule has 0 spiro atoms. The third-order valence-electron chi connectivity index (χ3n) is 2.59. The van der Waals surface area contributed by atoms with Gasteiger partial charge >= 0.3 is 0 Å². The van der Waals surface area contributed by atoms with E-state index < -0.39 is 27.3 Å². The summed E-state index contributed by atoms with van der Waals surface area (Å²) in [5, 5.41) is 2.56. The zero-order valence-corrected chi connectivity index (χ0v) is 11.9. The second kappa shape index (κ2) is 6.04. The predicted octanol–water partition coefficient (Wildman–Crippen LogP) is 2.59. The average Bonchev–Trinajstić information content (AvgIpc) is 2.44. The van der Waals surface area contributed by atoms with Gasteiger partial charge in [0.25, 0.3) is 10.0 Å². The van der Waals surface area contributed by atoms with E-state index in [1.165, 1.54) is 18.3 Å². The molecular weight excluding hydrogens is 300 g/mol. The number of sulfonamides is 1. The van der Waals surface area contributed by atoms with Crippen LogP contribution in [0.5, 0.6) is 0 Å². The molecule has 2 aromatic rings.